The molecule has 2 unspecified atom stereocenters. The van der Waals surface area contributed by atoms with Gasteiger partial charge in [0.1, 0.15) is 17.7 Å². The predicted octanol–water partition coefficient (Wildman–Crippen LogP) is 4.41. The van der Waals surface area contributed by atoms with Gasteiger partial charge in [0.2, 0.25) is 0 Å². The van der Waals surface area contributed by atoms with Gasteiger partial charge in [-0.05, 0) is 47.0 Å². The van der Waals surface area contributed by atoms with Crippen molar-refractivity contribution in [3.63, 3.8) is 0 Å². The minimum absolute atomic E-state index is 0.143. The molecule has 20 heavy (non-hydrogen) atoms. The Morgan fingerprint density at radius 2 is 1.90 bits per heavy atom. The standard InChI is InChI=1S/C16H21BrFNO/c17-12-9-11(18)5-6-13(12)20-15-10-14(19)16(15)7-3-1-2-4-8-16/h5-6,9,14-15H,1-4,7-8,10,19H2. The van der Waals surface area contributed by atoms with Crippen LogP contribution in [0.5, 0.6) is 5.75 Å². The molecule has 1 aromatic carbocycles. The SMILES string of the molecule is NC1CC(Oc2ccc(F)cc2Br)C12CCCCCC2. The molecule has 2 aliphatic rings. The number of hydrogen-bond acceptors (Lipinski definition) is 2. The first-order chi connectivity index (χ1) is 9.62. The van der Waals surface area contributed by atoms with Crippen molar-refractivity contribution in [1.82, 2.24) is 0 Å². The van der Waals surface area contributed by atoms with E-state index in [1.165, 1.54) is 37.8 Å². The first-order valence-electron chi connectivity index (χ1n) is 7.49. The van der Waals surface area contributed by atoms with E-state index in [1.807, 2.05) is 0 Å². The third kappa shape index (κ3) is 2.48. The Hall–Kier alpha value is -0.610. The number of halogens is 2. The van der Waals surface area contributed by atoms with Crippen LogP contribution in [-0.2, 0) is 0 Å². The summed E-state index contributed by atoms with van der Waals surface area (Å²) in [6, 6.07) is 4.85. The molecule has 2 aliphatic carbocycles. The van der Waals surface area contributed by atoms with Gasteiger partial charge in [-0.25, -0.2) is 4.39 Å². The van der Waals surface area contributed by atoms with E-state index >= 15 is 0 Å². The van der Waals surface area contributed by atoms with Crippen molar-refractivity contribution in [3.8, 4) is 5.75 Å². The highest BCUT2D eigenvalue weighted by Crippen LogP contribution is 2.51. The van der Waals surface area contributed by atoms with Crippen LogP contribution < -0.4 is 10.5 Å². The third-order valence-corrected chi connectivity index (χ3v) is 5.67. The Balaban J connectivity index is 1.76. The summed E-state index contributed by atoms with van der Waals surface area (Å²) in [5.41, 5.74) is 6.46. The van der Waals surface area contributed by atoms with E-state index in [1.54, 1.807) is 6.07 Å². The molecule has 0 saturated heterocycles. The van der Waals surface area contributed by atoms with Gasteiger partial charge in [-0.1, -0.05) is 25.7 Å². The Kier molecular flexibility index (Phi) is 4.04. The first kappa shape index (κ1) is 14.3. The summed E-state index contributed by atoms with van der Waals surface area (Å²) in [5.74, 6) is 0.477. The van der Waals surface area contributed by atoms with Gasteiger partial charge in [0, 0.05) is 17.9 Å². The van der Waals surface area contributed by atoms with Crippen molar-refractivity contribution in [2.24, 2.45) is 11.1 Å². The highest BCUT2D eigenvalue weighted by molar-refractivity contribution is 9.10. The molecule has 2 nitrogen and oxygen atoms in total. The Morgan fingerprint density at radius 1 is 1.20 bits per heavy atom. The van der Waals surface area contributed by atoms with Gasteiger partial charge in [-0.3, -0.25) is 0 Å². The lowest BCUT2D eigenvalue weighted by atomic mass is 9.58. The summed E-state index contributed by atoms with van der Waals surface area (Å²) in [4.78, 5) is 0. The quantitative estimate of drug-likeness (QED) is 0.864. The molecule has 0 amide bonds. The summed E-state index contributed by atoms with van der Waals surface area (Å²) >= 11 is 3.38. The average Bonchev–Trinajstić information content (AvgIpc) is 2.69. The smallest absolute Gasteiger partial charge is 0.134 e. The summed E-state index contributed by atoms with van der Waals surface area (Å²) in [6.07, 6.45) is 8.52. The molecule has 2 saturated carbocycles. The number of benzene rings is 1. The molecule has 0 bridgehead atoms. The lowest BCUT2D eigenvalue weighted by Crippen LogP contribution is -2.63. The molecule has 1 aromatic rings. The van der Waals surface area contributed by atoms with Gasteiger partial charge in [0.05, 0.1) is 4.47 Å². The van der Waals surface area contributed by atoms with E-state index < -0.39 is 0 Å². The number of hydrogen-bond donors (Lipinski definition) is 1. The van der Waals surface area contributed by atoms with E-state index in [9.17, 15) is 4.39 Å². The van der Waals surface area contributed by atoms with Gasteiger partial charge < -0.3 is 10.5 Å². The molecule has 4 heteroatoms. The fourth-order valence-corrected chi connectivity index (χ4v) is 4.19. The molecular formula is C16H21BrFNO. The molecule has 3 rings (SSSR count). The maximum atomic E-state index is 13.1. The van der Waals surface area contributed by atoms with Crippen LogP contribution >= 0.6 is 15.9 Å². The summed E-state index contributed by atoms with van der Waals surface area (Å²) in [7, 11) is 0. The Bertz CT molecular complexity index is 485. The Labute approximate surface area is 128 Å². The molecule has 2 N–H and O–H groups in total. The van der Waals surface area contributed by atoms with Gasteiger partial charge in [-0.2, -0.15) is 0 Å². The van der Waals surface area contributed by atoms with Crippen LogP contribution in [0.4, 0.5) is 4.39 Å². The zero-order chi connectivity index (χ0) is 14.2. The van der Waals surface area contributed by atoms with Gasteiger partial charge in [0.25, 0.3) is 0 Å². The van der Waals surface area contributed by atoms with E-state index in [0.717, 1.165) is 25.0 Å². The van der Waals surface area contributed by atoms with Crippen LogP contribution in [0.2, 0.25) is 0 Å². The van der Waals surface area contributed by atoms with Crippen molar-refractivity contribution in [3.05, 3.63) is 28.5 Å². The molecule has 0 aromatic heterocycles. The van der Waals surface area contributed by atoms with Crippen LogP contribution in [0.1, 0.15) is 44.9 Å². The van der Waals surface area contributed by atoms with E-state index in [4.69, 9.17) is 10.5 Å². The zero-order valence-corrected chi connectivity index (χ0v) is 13.2. The Morgan fingerprint density at radius 3 is 2.50 bits per heavy atom. The van der Waals surface area contributed by atoms with Gasteiger partial charge >= 0.3 is 0 Å². The normalized spacial score (nSPS) is 28.8. The van der Waals surface area contributed by atoms with Gasteiger partial charge in [0.15, 0.2) is 0 Å². The summed E-state index contributed by atoms with van der Waals surface area (Å²) in [5, 5.41) is 0. The summed E-state index contributed by atoms with van der Waals surface area (Å²) < 4.78 is 20.0. The fourth-order valence-electron chi connectivity index (χ4n) is 3.75. The highest BCUT2D eigenvalue weighted by atomic mass is 79.9. The second-order valence-electron chi connectivity index (χ2n) is 6.17. The molecule has 110 valence electrons. The van der Waals surface area contributed by atoms with Crippen molar-refractivity contribution >= 4 is 15.9 Å². The van der Waals surface area contributed by atoms with Gasteiger partial charge in [-0.15, -0.1) is 0 Å². The topological polar surface area (TPSA) is 35.2 Å². The molecule has 0 radical (unpaired) electrons. The largest absolute Gasteiger partial charge is 0.489 e. The molecule has 2 atom stereocenters. The van der Waals surface area contributed by atoms with E-state index in [0.29, 0.717) is 4.47 Å². The van der Waals surface area contributed by atoms with Crippen LogP contribution in [0.3, 0.4) is 0 Å². The second-order valence-corrected chi connectivity index (χ2v) is 7.03. The zero-order valence-electron chi connectivity index (χ0n) is 11.6. The molecule has 0 heterocycles. The monoisotopic (exact) mass is 341 g/mol. The third-order valence-electron chi connectivity index (χ3n) is 5.05. The van der Waals surface area contributed by atoms with Crippen molar-refractivity contribution in [2.75, 3.05) is 0 Å². The molecule has 0 aliphatic heterocycles. The minimum atomic E-state index is -0.251. The van der Waals surface area contributed by atoms with Crippen LogP contribution in [0.15, 0.2) is 22.7 Å². The lowest BCUT2D eigenvalue weighted by Gasteiger charge is -2.54. The summed E-state index contributed by atoms with van der Waals surface area (Å²) in [6.45, 7) is 0. The fraction of sp³-hybridized carbons (Fsp3) is 0.625. The van der Waals surface area contributed by atoms with E-state index in [-0.39, 0.29) is 23.4 Å². The average molecular weight is 342 g/mol. The molecule has 1 spiro atoms. The minimum Gasteiger partial charge on any atom is -0.489 e. The number of ether oxygens (including phenoxy) is 1. The molecular weight excluding hydrogens is 321 g/mol. The second kappa shape index (κ2) is 5.64. The van der Waals surface area contributed by atoms with Crippen LogP contribution in [-0.4, -0.2) is 12.1 Å². The van der Waals surface area contributed by atoms with Crippen molar-refractivity contribution in [2.45, 2.75) is 57.1 Å². The maximum absolute atomic E-state index is 13.1. The van der Waals surface area contributed by atoms with E-state index in [2.05, 4.69) is 15.9 Å². The lowest BCUT2D eigenvalue weighted by molar-refractivity contribution is -0.0773. The first-order valence-corrected chi connectivity index (χ1v) is 8.28. The van der Waals surface area contributed by atoms with Crippen molar-refractivity contribution < 1.29 is 9.13 Å². The predicted molar refractivity (Wildman–Crippen MR) is 81.2 cm³/mol. The number of rotatable bonds is 2. The van der Waals surface area contributed by atoms with Crippen molar-refractivity contribution in [1.29, 1.82) is 0 Å². The molecule has 2 fully saturated rings. The van der Waals surface area contributed by atoms with Crippen LogP contribution in [0, 0.1) is 11.2 Å². The highest BCUT2D eigenvalue weighted by Gasteiger charge is 2.54. The van der Waals surface area contributed by atoms with Crippen LogP contribution in [0.25, 0.3) is 0 Å². The maximum Gasteiger partial charge on any atom is 0.134 e. The number of nitrogens with two attached hydrogens (primary N) is 1.